The lowest BCUT2D eigenvalue weighted by atomic mass is 9.83. The van der Waals surface area contributed by atoms with Gasteiger partial charge in [-0.2, -0.15) is 0 Å². The summed E-state index contributed by atoms with van der Waals surface area (Å²) in [6.07, 6.45) is 1.33. The highest BCUT2D eigenvalue weighted by Crippen LogP contribution is 2.30. The fraction of sp³-hybridized carbons (Fsp3) is 0.867. The maximum atomic E-state index is 12.8. The van der Waals surface area contributed by atoms with Gasteiger partial charge in [0.2, 0.25) is 11.8 Å². The largest absolute Gasteiger partial charge is 0.377 e. The zero-order valence-electron chi connectivity index (χ0n) is 13.6. The van der Waals surface area contributed by atoms with Crippen LogP contribution in [0.3, 0.4) is 0 Å². The van der Waals surface area contributed by atoms with Gasteiger partial charge in [0, 0.05) is 6.54 Å². The maximum absolute atomic E-state index is 12.8. The Morgan fingerprint density at radius 1 is 1.20 bits per heavy atom. The Kier molecular flexibility index (Phi) is 5.19. The molecule has 1 aliphatic heterocycles. The molecular weight excluding hydrogens is 256 g/mol. The molecule has 116 valence electrons. The van der Waals surface area contributed by atoms with Crippen LogP contribution in [0.1, 0.15) is 54.4 Å². The first-order chi connectivity index (χ1) is 9.21. The number of hydrogen-bond acceptors (Lipinski definition) is 3. The van der Waals surface area contributed by atoms with Crippen molar-refractivity contribution in [1.82, 2.24) is 10.2 Å². The quantitative estimate of drug-likeness (QED) is 0.808. The van der Waals surface area contributed by atoms with E-state index < -0.39 is 11.1 Å². The Morgan fingerprint density at radius 3 is 2.20 bits per heavy atom. The van der Waals surface area contributed by atoms with E-state index >= 15 is 0 Å². The number of nitrogens with zero attached hydrogens (tertiary/aromatic N) is 1. The van der Waals surface area contributed by atoms with Crippen LogP contribution in [0.5, 0.6) is 0 Å². The predicted octanol–water partition coefficient (Wildman–Crippen LogP) is 1.71. The number of hydrogen-bond donors (Lipinski definition) is 1. The van der Waals surface area contributed by atoms with Gasteiger partial charge in [-0.05, 0) is 40.5 Å². The fourth-order valence-corrected chi connectivity index (χ4v) is 2.55. The van der Waals surface area contributed by atoms with Crippen molar-refractivity contribution in [2.45, 2.75) is 71.6 Å². The third kappa shape index (κ3) is 2.97. The van der Waals surface area contributed by atoms with Gasteiger partial charge in [0.1, 0.15) is 11.1 Å². The topological polar surface area (TPSA) is 58.6 Å². The van der Waals surface area contributed by atoms with Crippen molar-refractivity contribution in [3.63, 3.8) is 0 Å². The molecule has 0 aromatic carbocycles. The fourth-order valence-electron chi connectivity index (χ4n) is 2.55. The number of carbonyl (C=O) groups excluding carboxylic acids is 2. The molecule has 0 saturated carbocycles. The van der Waals surface area contributed by atoms with Crippen LogP contribution in [0.15, 0.2) is 0 Å². The standard InChI is InChI=1S/C15H28N2O3/c1-7-15(8-2)13(19)17(9-10-20-11(3)4)14(5,6)12(18)16-15/h11H,7-10H2,1-6H3,(H,16,18). The van der Waals surface area contributed by atoms with Crippen molar-refractivity contribution in [1.29, 1.82) is 0 Å². The minimum atomic E-state index is -0.828. The van der Waals surface area contributed by atoms with E-state index in [0.29, 0.717) is 26.0 Å². The van der Waals surface area contributed by atoms with E-state index in [1.54, 1.807) is 18.7 Å². The molecule has 0 spiro atoms. The van der Waals surface area contributed by atoms with Crippen molar-refractivity contribution in [3.8, 4) is 0 Å². The van der Waals surface area contributed by atoms with E-state index in [-0.39, 0.29) is 17.9 Å². The first kappa shape index (κ1) is 17.0. The van der Waals surface area contributed by atoms with Gasteiger partial charge < -0.3 is 15.0 Å². The third-order valence-corrected chi connectivity index (χ3v) is 4.21. The SMILES string of the molecule is CCC1(CC)NC(=O)C(C)(C)N(CCOC(C)C)C1=O. The number of rotatable bonds is 6. The van der Waals surface area contributed by atoms with Crippen LogP contribution in [0.4, 0.5) is 0 Å². The van der Waals surface area contributed by atoms with E-state index in [2.05, 4.69) is 5.32 Å². The highest BCUT2D eigenvalue weighted by molar-refractivity contribution is 6.01. The van der Waals surface area contributed by atoms with Crippen LogP contribution >= 0.6 is 0 Å². The summed E-state index contributed by atoms with van der Waals surface area (Å²) in [5, 5.41) is 2.93. The van der Waals surface area contributed by atoms with Gasteiger partial charge in [0.05, 0.1) is 12.7 Å². The lowest BCUT2D eigenvalue weighted by Crippen LogP contribution is -2.74. The Labute approximate surface area is 122 Å². The summed E-state index contributed by atoms with van der Waals surface area (Å²) < 4.78 is 5.53. The van der Waals surface area contributed by atoms with Gasteiger partial charge in [0.15, 0.2) is 0 Å². The Hall–Kier alpha value is -1.10. The van der Waals surface area contributed by atoms with Crippen LogP contribution in [0.25, 0.3) is 0 Å². The molecule has 0 unspecified atom stereocenters. The smallest absolute Gasteiger partial charge is 0.249 e. The molecule has 0 aromatic heterocycles. The molecule has 1 saturated heterocycles. The van der Waals surface area contributed by atoms with Crippen molar-refractivity contribution in [3.05, 3.63) is 0 Å². The Bertz CT molecular complexity index is 373. The normalized spacial score (nSPS) is 21.2. The summed E-state index contributed by atoms with van der Waals surface area (Å²) in [5.74, 6) is -0.0928. The van der Waals surface area contributed by atoms with E-state index in [1.807, 2.05) is 27.7 Å². The molecule has 20 heavy (non-hydrogen) atoms. The summed E-state index contributed by atoms with van der Waals surface area (Å²) in [6.45, 7) is 12.2. The van der Waals surface area contributed by atoms with E-state index in [9.17, 15) is 9.59 Å². The van der Waals surface area contributed by atoms with E-state index in [4.69, 9.17) is 4.74 Å². The summed E-state index contributed by atoms with van der Waals surface area (Å²) in [7, 11) is 0. The highest BCUT2D eigenvalue weighted by atomic mass is 16.5. The lowest BCUT2D eigenvalue weighted by Gasteiger charge is -2.49. The van der Waals surface area contributed by atoms with E-state index in [0.717, 1.165) is 0 Å². The van der Waals surface area contributed by atoms with Crippen molar-refractivity contribution in [2.75, 3.05) is 13.2 Å². The molecule has 5 heteroatoms. The van der Waals surface area contributed by atoms with Gasteiger partial charge in [-0.25, -0.2) is 0 Å². The van der Waals surface area contributed by atoms with Gasteiger partial charge >= 0.3 is 0 Å². The van der Waals surface area contributed by atoms with Crippen LogP contribution < -0.4 is 5.32 Å². The molecule has 1 N–H and O–H groups in total. The minimum Gasteiger partial charge on any atom is -0.377 e. The van der Waals surface area contributed by atoms with Crippen LogP contribution in [0, 0.1) is 0 Å². The zero-order valence-corrected chi connectivity index (χ0v) is 13.6. The molecule has 1 heterocycles. The molecule has 1 rings (SSSR count). The lowest BCUT2D eigenvalue weighted by molar-refractivity contribution is -0.162. The average molecular weight is 284 g/mol. The summed E-state index contributed by atoms with van der Waals surface area (Å²) in [5.41, 5.74) is -1.59. The first-order valence-corrected chi connectivity index (χ1v) is 7.47. The van der Waals surface area contributed by atoms with E-state index in [1.165, 1.54) is 0 Å². The maximum Gasteiger partial charge on any atom is 0.249 e. The van der Waals surface area contributed by atoms with Gasteiger partial charge in [-0.15, -0.1) is 0 Å². The summed E-state index contributed by atoms with van der Waals surface area (Å²) in [4.78, 5) is 26.8. The molecule has 5 nitrogen and oxygen atoms in total. The summed E-state index contributed by atoms with van der Waals surface area (Å²) in [6, 6.07) is 0. The van der Waals surface area contributed by atoms with Crippen molar-refractivity contribution < 1.29 is 14.3 Å². The minimum absolute atomic E-state index is 0.000504. The van der Waals surface area contributed by atoms with Gasteiger partial charge in [0.25, 0.3) is 0 Å². The second-order valence-corrected chi connectivity index (χ2v) is 6.18. The second-order valence-electron chi connectivity index (χ2n) is 6.18. The van der Waals surface area contributed by atoms with Crippen LogP contribution in [0.2, 0.25) is 0 Å². The number of carbonyl (C=O) groups is 2. The molecule has 0 atom stereocenters. The third-order valence-electron chi connectivity index (χ3n) is 4.21. The molecular formula is C15H28N2O3. The predicted molar refractivity (Wildman–Crippen MR) is 78.3 cm³/mol. The number of ether oxygens (including phenoxy) is 1. The molecule has 1 aliphatic rings. The number of piperazine rings is 1. The average Bonchev–Trinajstić information content (AvgIpc) is 2.38. The molecule has 0 aliphatic carbocycles. The molecule has 0 radical (unpaired) electrons. The zero-order chi connectivity index (χ0) is 15.6. The Morgan fingerprint density at radius 2 is 1.75 bits per heavy atom. The van der Waals surface area contributed by atoms with Gasteiger partial charge in [-0.3, -0.25) is 9.59 Å². The number of amides is 2. The second kappa shape index (κ2) is 6.12. The Balaban J connectivity index is 2.96. The summed E-state index contributed by atoms with van der Waals surface area (Å²) >= 11 is 0. The molecule has 2 amide bonds. The molecule has 0 aromatic rings. The monoisotopic (exact) mass is 284 g/mol. The van der Waals surface area contributed by atoms with Crippen LogP contribution in [-0.2, 0) is 14.3 Å². The number of nitrogens with one attached hydrogen (secondary N) is 1. The first-order valence-electron chi connectivity index (χ1n) is 7.47. The van der Waals surface area contributed by atoms with Crippen molar-refractivity contribution >= 4 is 11.8 Å². The van der Waals surface area contributed by atoms with Crippen LogP contribution in [-0.4, -0.2) is 47.0 Å². The molecule has 0 bridgehead atoms. The van der Waals surface area contributed by atoms with Gasteiger partial charge in [-0.1, -0.05) is 13.8 Å². The van der Waals surface area contributed by atoms with Crippen molar-refractivity contribution in [2.24, 2.45) is 0 Å². The highest BCUT2D eigenvalue weighted by Gasteiger charge is 2.52. The molecule has 1 fully saturated rings.